The van der Waals surface area contributed by atoms with Crippen molar-refractivity contribution in [2.24, 2.45) is 11.8 Å². The molecule has 0 spiro atoms. The molecule has 3 aromatic carbocycles. The lowest BCUT2D eigenvalue weighted by molar-refractivity contribution is -0.143. The van der Waals surface area contributed by atoms with E-state index in [1.807, 2.05) is 25.2 Å². The summed E-state index contributed by atoms with van der Waals surface area (Å²) in [6.07, 6.45) is 16.7. The highest BCUT2D eigenvalue weighted by atomic mass is 16.2. The van der Waals surface area contributed by atoms with Crippen molar-refractivity contribution in [2.45, 2.75) is 171 Å². The summed E-state index contributed by atoms with van der Waals surface area (Å²) in [5.74, 6) is -2.55. The van der Waals surface area contributed by atoms with Gasteiger partial charge in [-0.25, -0.2) is 0 Å². The number of rotatable bonds is 18. The molecule has 4 fully saturated rings. The fourth-order valence-electron chi connectivity index (χ4n) is 13.1. The molecule has 2 saturated heterocycles. The van der Waals surface area contributed by atoms with E-state index >= 15 is 0 Å². The van der Waals surface area contributed by atoms with Crippen LogP contribution < -0.4 is 42.5 Å². The van der Waals surface area contributed by atoms with Crippen LogP contribution in [0.1, 0.15) is 165 Å². The number of fused-ring (bicyclic) bond motifs is 2. The molecule has 0 bridgehead atoms. The van der Waals surface area contributed by atoms with Gasteiger partial charge in [0, 0.05) is 42.3 Å². The highest BCUT2D eigenvalue weighted by Gasteiger charge is 2.46. The van der Waals surface area contributed by atoms with Crippen LogP contribution in [0.15, 0.2) is 72.8 Å². The molecule has 3 aromatic rings. The van der Waals surface area contributed by atoms with E-state index in [0.29, 0.717) is 12.3 Å². The van der Waals surface area contributed by atoms with Gasteiger partial charge in [0.15, 0.2) is 0 Å². The molecule has 18 nitrogen and oxygen atoms in total. The normalized spacial score (nSPS) is 23.5. The Bertz CT molecular complexity index is 2600. The van der Waals surface area contributed by atoms with Crippen molar-refractivity contribution in [1.82, 2.24) is 52.3 Å². The number of amides is 7. The lowest BCUT2D eigenvalue weighted by atomic mass is 9.83. The molecule has 434 valence electrons. The zero-order chi connectivity index (χ0) is 55.8. The number of benzene rings is 3. The van der Waals surface area contributed by atoms with Crippen LogP contribution in [0.25, 0.3) is 0 Å². The molecule has 7 amide bonds. The van der Waals surface area contributed by atoms with E-state index in [4.69, 9.17) is 0 Å². The Kier molecular flexibility index (Phi) is 22.8. The van der Waals surface area contributed by atoms with Crippen LogP contribution in [0.5, 0.6) is 0 Å². The quantitative estimate of drug-likeness (QED) is 0.0792. The van der Waals surface area contributed by atoms with Gasteiger partial charge >= 0.3 is 0 Å². The fraction of sp³-hybridized carbons (Fsp3) is 0.581. The molecule has 8 N–H and O–H groups in total. The van der Waals surface area contributed by atoms with E-state index in [0.717, 1.165) is 89.0 Å². The molecule has 4 aliphatic carbocycles. The van der Waals surface area contributed by atoms with E-state index in [1.165, 1.54) is 65.1 Å². The molecule has 2 saturated carbocycles. The maximum Gasteiger partial charge on any atom is 0.251 e. The first-order chi connectivity index (χ1) is 38.4. The number of aryl methyl sites for hydroxylation is 2. The first-order valence-corrected chi connectivity index (χ1v) is 29.2. The van der Waals surface area contributed by atoms with Gasteiger partial charge in [0.1, 0.15) is 24.4 Å². The molecule has 8 atom stereocenters. The summed E-state index contributed by atoms with van der Waals surface area (Å²) in [6, 6.07) is 19.0. The smallest absolute Gasteiger partial charge is 0.251 e. The second-order valence-electron chi connectivity index (χ2n) is 22.6. The van der Waals surface area contributed by atoms with Crippen molar-refractivity contribution in [1.29, 1.82) is 0 Å². The highest BCUT2D eigenvalue weighted by Crippen LogP contribution is 2.34. The SMILES string of the molecule is C.CNC1CCCc2ccccc21.CNCC(=O)NC(C(=O)N1CC(NC(=O)c2ccc(C(=O)NC3CC(C(=O)NC4CCCc5ccccc54)N(C(=O)C(NC(=O)CNC)C4CCCCC4)C3)cc2)CC1C=O)C1CCCCC1. The predicted molar refractivity (Wildman–Crippen MR) is 308 cm³/mol. The van der Waals surface area contributed by atoms with Crippen molar-refractivity contribution in [3.63, 3.8) is 0 Å². The largest absolute Gasteiger partial charge is 0.347 e. The molecule has 2 aliphatic heterocycles. The maximum atomic E-state index is 14.7. The topological polar surface area (TPSA) is 239 Å². The summed E-state index contributed by atoms with van der Waals surface area (Å²) in [5.41, 5.74) is 5.83. The van der Waals surface area contributed by atoms with E-state index in [1.54, 1.807) is 19.0 Å². The zero-order valence-corrected chi connectivity index (χ0v) is 46.5. The van der Waals surface area contributed by atoms with E-state index in [2.05, 4.69) is 72.9 Å². The zero-order valence-electron chi connectivity index (χ0n) is 46.5. The molecule has 9 rings (SSSR count). The van der Waals surface area contributed by atoms with Gasteiger partial charge in [-0.3, -0.25) is 33.6 Å². The fourth-order valence-corrected chi connectivity index (χ4v) is 13.1. The third kappa shape index (κ3) is 15.5. The van der Waals surface area contributed by atoms with Gasteiger partial charge in [-0.1, -0.05) is 94.5 Å². The Hall–Kier alpha value is -6.50. The predicted octanol–water partition coefficient (Wildman–Crippen LogP) is 4.97. The van der Waals surface area contributed by atoms with Crippen LogP contribution in [0.3, 0.4) is 0 Å². The van der Waals surface area contributed by atoms with Crippen LogP contribution in [-0.4, -0.2) is 141 Å². The average Bonchev–Trinajstić information content (AvgIpc) is 4.14. The third-order valence-electron chi connectivity index (χ3n) is 17.2. The average molecular weight is 1100 g/mol. The Morgan fingerprint density at radius 3 is 1.48 bits per heavy atom. The molecule has 0 radical (unpaired) electrons. The van der Waals surface area contributed by atoms with Crippen molar-refractivity contribution >= 4 is 47.6 Å². The second kappa shape index (κ2) is 29.8. The Morgan fingerprint density at radius 2 is 0.988 bits per heavy atom. The number of aldehydes is 1. The maximum absolute atomic E-state index is 14.7. The van der Waals surface area contributed by atoms with Crippen LogP contribution in [-0.2, 0) is 41.6 Å². The Morgan fingerprint density at radius 1 is 0.537 bits per heavy atom. The summed E-state index contributed by atoms with van der Waals surface area (Å²) >= 11 is 0. The van der Waals surface area contributed by atoms with Crippen molar-refractivity contribution in [3.8, 4) is 0 Å². The minimum atomic E-state index is -0.888. The van der Waals surface area contributed by atoms with E-state index in [9.17, 15) is 38.4 Å². The summed E-state index contributed by atoms with van der Waals surface area (Å²) in [5, 5.41) is 24.2. The molecule has 6 aliphatic rings. The molecular weight excluding hydrogens is 1010 g/mol. The molecule has 8 unspecified atom stereocenters. The third-order valence-corrected chi connectivity index (χ3v) is 17.2. The van der Waals surface area contributed by atoms with Crippen molar-refractivity contribution in [3.05, 3.63) is 106 Å². The van der Waals surface area contributed by atoms with Gasteiger partial charge in [0.25, 0.3) is 11.8 Å². The minimum Gasteiger partial charge on any atom is -0.347 e. The summed E-state index contributed by atoms with van der Waals surface area (Å²) in [4.78, 5) is 111. The Labute approximate surface area is 473 Å². The molecule has 0 aromatic heterocycles. The number of nitrogens with one attached hydrogen (secondary N) is 8. The van der Waals surface area contributed by atoms with Gasteiger partial charge in [-0.05, 0) is 157 Å². The molecule has 80 heavy (non-hydrogen) atoms. The highest BCUT2D eigenvalue weighted by molar-refractivity contribution is 5.99. The van der Waals surface area contributed by atoms with Crippen molar-refractivity contribution in [2.75, 3.05) is 47.3 Å². The van der Waals surface area contributed by atoms with Gasteiger partial charge in [0.2, 0.25) is 29.5 Å². The first kappa shape index (κ1) is 61.1. The minimum absolute atomic E-state index is 0. The first-order valence-electron chi connectivity index (χ1n) is 29.2. The number of likely N-dealkylation sites (N-methyl/N-ethyl adjacent to an activating group) is 2. The van der Waals surface area contributed by atoms with E-state index < -0.39 is 48.1 Å². The number of hydrogen-bond acceptors (Lipinski definition) is 11. The van der Waals surface area contributed by atoms with Crippen molar-refractivity contribution < 1.29 is 38.4 Å². The van der Waals surface area contributed by atoms with Gasteiger partial charge in [-0.15, -0.1) is 0 Å². The van der Waals surface area contributed by atoms with E-state index in [-0.39, 0.29) is 105 Å². The number of carbonyl (C=O) groups is 8. The van der Waals surface area contributed by atoms with Crippen LogP contribution in [0.2, 0.25) is 0 Å². The monoisotopic (exact) mass is 1100 g/mol. The molecule has 2 heterocycles. The number of carbonyl (C=O) groups excluding carboxylic acids is 8. The number of hydrogen-bond donors (Lipinski definition) is 8. The van der Waals surface area contributed by atoms with Crippen LogP contribution >= 0.6 is 0 Å². The summed E-state index contributed by atoms with van der Waals surface area (Å²) < 4.78 is 0. The summed E-state index contributed by atoms with van der Waals surface area (Å²) in [7, 11) is 5.37. The second-order valence-corrected chi connectivity index (χ2v) is 22.6. The molecule has 18 heteroatoms. The van der Waals surface area contributed by atoms with Gasteiger partial charge in [-0.2, -0.15) is 0 Å². The lowest BCUT2D eigenvalue weighted by Gasteiger charge is -2.35. The standard InChI is InChI=1S/C50H69N9O8.C11H15N.CH4/c1-51-26-42(61)56-44(32-13-5-3-6-14-32)49(66)58-28-36(24-38(58)30-60)53-46(63)34-20-22-35(23-21-34)47(64)54-37-25-41(48(65)55-40-19-11-17-31-12-9-10-18-39(31)40)59(29-37)50(67)45(57-43(62)27-52-2)33-15-7-4-8-16-33;1-12-11-8-4-6-9-5-2-3-7-10(9)11;/h9-10,12,18,20-23,30,32-33,36-38,40-41,44-45,51-52H,3-8,11,13-17,19,24-29H2,1-2H3,(H,53,63)(H,54,64)(H,55,65)(H,56,61)(H,57,62);2-3,5,7,11-12H,4,6,8H2,1H3;1H4. The number of likely N-dealkylation sites (tertiary alicyclic amines) is 2. The lowest BCUT2D eigenvalue weighted by Crippen LogP contribution is -2.57. The van der Waals surface area contributed by atoms with Gasteiger partial charge in [0.05, 0.1) is 25.2 Å². The molecular formula is C62H88N10O8. The van der Waals surface area contributed by atoms with Crippen LogP contribution in [0, 0.1) is 11.8 Å². The Balaban J connectivity index is 0.000000624. The number of nitrogens with zero attached hydrogens (tertiary/aromatic N) is 2. The van der Waals surface area contributed by atoms with Crippen LogP contribution in [0.4, 0.5) is 0 Å². The van der Waals surface area contributed by atoms with Gasteiger partial charge < -0.3 is 57.1 Å². The summed E-state index contributed by atoms with van der Waals surface area (Å²) in [6.45, 7) is 0.282.